The molecule has 0 bridgehead atoms. The summed E-state index contributed by atoms with van der Waals surface area (Å²) in [5.74, 6) is -0.390. The number of carbonyl (C=O) groups is 1. The highest BCUT2D eigenvalue weighted by Crippen LogP contribution is 2.26. The number of amides is 1. The molecule has 0 fully saturated rings. The van der Waals surface area contributed by atoms with Crippen molar-refractivity contribution in [2.45, 2.75) is 0 Å². The number of benzene rings is 3. The van der Waals surface area contributed by atoms with Gasteiger partial charge in [0.2, 0.25) is 0 Å². The van der Waals surface area contributed by atoms with E-state index in [2.05, 4.69) is 4.99 Å². The Hall–Kier alpha value is -3.55. The van der Waals surface area contributed by atoms with Gasteiger partial charge in [0, 0.05) is 28.1 Å². The number of nitro groups is 1. The lowest BCUT2D eigenvalue weighted by Gasteiger charge is -2.09. The highest BCUT2D eigenvalue weighted by atomic mass is 35.5. The van der Waals surface area contributed by atoms with E-state index in [1.165, 1.54) is 23.5 Å². The first kappa shape index (κ1) is 19.8. The number of halogens is 1. The topological polar surface area (TPSA) is 77.5 Å². The Morgan fingerprint density at radius 3 is 2.43 bits per heavy atom. The van der Waals surface area contributed by atoms with Crippen molar-refractivity contribution in [3.05, 3.63) is 110 Å². The van der Waals surface area contributed by atoms with Crippen molar-refractivity contribution in [3.63, 3.8) is 0 Å². The van der Waals surface area contributed by atoms with Gasteiger partial charge in [-0.1, -0.05) is 48.0 Å². The van der Waals surface area contributed by atoms with Crippen LogP contribution in [0.5, 0.6) is 0 Å². The molecule has 4 aromatic rings. The zero-order chi connectivity index (χ0) is 21.1. The Kier molecular flexibility index (Phi) is 5.56. The smallest absolute Gasteiger partial charge is 0.279 e. The van der Waals surface area contributed by atoms with Gasteiger partial charge in [-0.2, -0.15) is 4.99 Å². The van der Waals surface area contributed by atoms with Crippen LogP contribution in [0.15, 0.2) is 89.2 Å². The molecule has 1 amide bonds. The maximum atomic E-state index is 12.7. The molecule has 0 aliphatic heterocycles. The second-order valence-corrected chi connectivity index (χ2v) is 7.58. The summed E-state index contributed by atoms with van der Waals surface area (Å²) in [6.07, 6.45) is 0. The molecule has 30 heavy (non-hydrogen) atoms. The molecule has 0 aliphatic carbocycles. The van der Waals surface area contributed by atoms with Gasteiger partial charge in [-0.15, -0.1) is 11.3 Å². The largest absolute Gasteiger partial charge is 0.285 e. The van der Waals surface area contributed by atoms with Crippen LogP contribution in [0.1, 0.15) is 10.4 Å². The second-order valence-electron chi connectivity index (χ2n) is 6.31. The number of rotatable bonds is 4. The van der Waals surface area contributed by atoms with Gasteiger partial charge in [0.25, 0.3) is 11.6 Å². The van der Waals surface area contributed by atoms with Crippen LogP contribution < -0.4 is 4.80 Å². The van der Waals surface area contributed by atoms with Crippen LogP contribution in [0.4, 0.5) is 5.69 Å². The standard InChI is InChI=1S/C22H14ClN3O3S/c23-17-11-9-15(10-12-17)20-14-30-22(24-21(27)16-5-2-1-3-6-16)25(20)18-7-4-8-19(13-18)26(28)29/h1-14H. The number of carbonyl (C=O) groups excluding carboxylic acids is 1. The summed E-state index contributed by atoms with van der Waals surface area (Å²) in [6.45, 7) is 0. The van der Waals surface area contributed by atoms with Crippen molar-refractivity contribution in [1.29, 1.82) is 0 Å². The molecule has 0 atom stereocenters. The summed E-state index contributed by atoms with van der Waals surface area (Å²) in [7, 11) is 0. The van der Waals surface area contributed by atoms with Gasteiger partial charge < -0.3 is 0 Å². The first-order chi connectivity index (χ1) is 14.5. The quantitative estimate of drug-likeness (QED) is 0.313. The highest BCUT2D eigenvalue weighted by Gasteiger charge is 2.14. The van der Waals surface area contributed by atoms with E-state index >= 15 is 0 Å². The van der Waals surface area contributed by atoms with Gasteiger partial charge in [0.15, 0.2) is 4.80 Å². The molecular formula is C22H14ClN3O3S. The minimum Gasteiger partial charge on any atom is -0.285 e. The molecule has 148 valence electrons. The Labute approximate surface area is 180 Å². The zero-order valence-electron chi connectivity index (χ0n) is 15.4. The van der Waals surface area contributed by atoms with Crippen LogP contribution in [0.2, 0.25) is 5.02 Å². The monoisotopic (exact) mass is 435 g/mol. The summed E-state index contributed by atoms with van der Waals surface area (Å²) in [4.78, 5) is 28.2. The Morgan fingerprint density at radius 2 is 1.73 bits per heavy atom. The number of hydrogen-bond acceptors (Lipinski definition) is 4. The molecule has 8 heteroatoms. The normalized spacial score (nSPS) is 11.4. The van der Waals surface area contributed by atoms with Gasteiger partial charge in [-0.05, 0) is 35.9 Å². The molecular weight excluding hydrogens is 422 g/mol. The lowest BCUT2D eigenvalue weighted by molar-refractivity contribution is -0.384. The fourth-order valence-corrected chi connectivity index (χ4v) is 3.97. The third kappa shape index (κ3) is 4.07. The molecule has 0 saturated heterocycles. The minimum absolute atomic E-state index is 0.0476. The van der Waals surface area contributed by atoms with Crippen LogP contribution in [-0.2, 0) is 0 Å². The van der Waals surface area contributed by atoms with Gasteiger partial charge in [-0.3, -0.25) is 19.5 Å². The summed E-state index contributed by atoms with van der Waals surface area (Å²) < 4.78 is 1.74. The van der Waals surface area contributed by atoms with Crippen molar-refractivity contribution in [2.24, 2.45) is 4.99 Å². The third-order valence-electron chi connectivity index (χ3n) is 4.36. The van der Waals surface area contributed by atoms with E-state index < -0.39 is 4.92 Å². The summed E-state index contributed by atoms with van der Waals surface area (Å²) in [6, 6.07) is 22.2. The number of nitro benzene ring substituents is 1. The highest BCUT2D eigenvalue weighted by molar-refractivity contribution is 7.07. The van der Waals surface area contributed by atoms with Crippen LogP contribution in [-0.4, -0.2) is 15.4 Å². The van der Waals surface area contributed by atoms with Gasteiger partial charge in [-0.25, -0.2) is 0 Å². The van der Waals surface area contributed by atoms with Crippen LogP contribution in [0, 0.1) is 10.1 Å². The maximum Gasteiger partial charge on any atom is 0.279 e. The van der Waals surface area contributed by atoms with Crippen LogP contribution >= 0.6 is 22.9 Å². The summed E-state index contributed by atoms with van der Waals surface area (Å²) >= 11 is 7.29. The van der Waals surface area contributed by atoms with Gasteiger partial charge in [0.05, 0.1) is 16.3 Å². The van der Waals surface area contributed by atoms with Crippen LogP contribution in [0.25, 0.3) is 16.9 Å². The van der Waals surface area contributed by atoms with Crippen molar-refractivity contribution < 1.29 is 9.72 Å². The molecule has 0 radical (unpaired) electrons. The Balaban J connectivity index is 1.92. The maximum absolute atomic E-state index is 12.7. The predicted molar refractivity (Wildman–Crippen MR) is 117 cm³/mol. The van der Waals surface area contributed by atoms with Crippen molar-refractivity contribution in [2.75, 3.05) is 0 Å². The number of thiazole rings is 1. The SMILES string of the molecule is O=C(N=c1scc(-c2ccc(Cl)cc2)n1-c1cccc([N+](=O)[O-])c1)c1ccccc1. The lowest BCUT2D eigenvalue weighted by atomic mass is 10.1. The van der Waals surface area contributed by atoms with Gasteiger partial charge in [0.1, 0.15) is 0 Å². The molecule has 0 saturated carbocycles. The minimum atomic E-state index is -0.454. The second kappa shape index (κ2) is 8.44. The first-order valence-electron chi connectivity index (χ1n) is 8.88. The summed E-state index contributed by atoms with van der Waals surface area (Å²) in [5.41, 5.74) is 2.54. The molecule has 0 unspecified atom stereocenters. The fourth-order valence-electron chi connectivity index (χ4n) is 2.94. The summed E-state index contributed by atoms with van der Waals surface area (Å²) in [5, 5.41) is 13.7. The Morgan fingerprint density at radius 1 is 1.00 bits per heavy atom. The van der Waals surface area contributed by atoms with Gasteiger partial charge >= 0.3 is 0 Å². The molecule has 4 rings (SSSR count). The van der Waals surface area contributed by atoms with Crippen LogP contribution in [0.3, 0.4) is 0 Å². The molecule has 3 aromatic carbocycles. The number of non-ortho nitro benzene ring substituents is 1. The first-order valence-corrected chi connectivity index (χ1v) is 10.1. The van der Waals surface area contributed by atoms with Crippen molar-refractivity contribution in [3.8, 4) is 16.9 Å². The van der Waals surface area contributed by atoms with E-state index in [0.717, 1.165) is 11.3 Å². The third-order valence-corrected chi connectivity index (χ3v) is 5.44. The van der Waals surface area contributed by atoms with E-state index in [4.69, 9.17) is 11.6 Å². The molecule has 1 heterocycles. The molecule has 1 aromatic heterocycles. The van der Waals surface area contributed by atoms with E-state index in [0.29, 0.717) is 21.1 Å². The van der Waals surface area contributed by atoms with Crippen molar-refractivity contribution >= 4 is 34.5 Å². The average molecular weight is 436 g/mol. The van der Waals surface area contributed by atoms with Crippen molar-refractivity contribution in [1.82, 2.24) is 4.57 Å². The molecule has 0 N–H and O–H groups in total. The predicted octanol–water partition coefficient (Wildman–Crippen LogP) is 5.51. The molecule has 6 nitrogen and oxygen atoms in total. The number of nitrogens with zero attached hydrogens (tertiary/aromatic N) is 3. The van der Waals surface area contributed by atoms with E-state index in [-0.39, 0.29) is 11.6 Å². The average Bonchev–Trinajstić information content (AvgIpc) is 3.18. The fraction of sp³-hybridized carbons (Fsp3) is 0. The number of hydrogen-bond donors (Lipinski definition) is 0. The zero-order valence-corrected chi connectivity index (χ0v) is 17.0. The lowest BCUT2D eigenvalue weighted by Crippen LogP contribution is -2.16. The molecule has 0 spiro atoms. The van der Waals surface area contributed by atoms with E-state index in [9.17, 15) is 14.9 Å². The molecule has 0 aliphatic rings. The van der Waals surface area contributed by atoms with E-state index in [1.807, 2.05) is 23.6 Å². The number of aromatic nitrogens is 1. The van der Waals surface area contributed by atoms with E-state index in [1.54, 1.807) is 53.1 Å². The Bertz CT molecular complexity index is 1300.